The Hall–Kier alpha value is -0.790. The average Bonchev–Trinajstić information content (AvgIpc) is 2.70. The zero-order valence-electron chi connectivity index (χ0n) is 12.7. The predicted molar refractivity (Wildman–Crippen MR) is 88.4 cm³/mol. The highest BCUT2D eigenvalue weighted by Crippen LogP contribution is 2.32. The third kappa shape index (κ3) is 4.10. The van der Waals surface area contributed by atoms with Crippen molar-refractivity contribution in [2.24, 2.45) is 0 Å². The molecular formula is C18H26ClN. The lowest BCUT2D eigenvalue weighted by molar-refractivity contribution is 0.565. The first-order valence-corrected chi connectivity index (χ1v) is 8.28. The van der Waals surface area contributed by atoms with Crippen molar-refractivity contribution in [1.82, 2.24) is 5.32 Å². The molecule has 1 aromatic carbocycles. The van der Waals surface area contributed by atoms with Gasteiger partial charge in [0.2, 0.25) is 0 Å². The van der Waals surface area contributed by atoms with Crippen molar-refractivity contribution < 1.29 is 0 Å². The highest BCUT2D eigenvalue weighted by atomic mass is 35.5. The van der Waals surface area contributed by atoms with Crippen molar-refractivity contribution in [3.63, 3.8) is 0 Å². The maximum absolute atomic E-state index is 6.10. The summed E-state index contributed by atoms with van der Waals surface area (Å²) in [6.07, 6.45) is 10.1. The minimum Gasteiger partial charge on any atom is -0.307 e. The molecule has 0 heterocycles. The summed E-state index contributed by atoms with van der Waals surface area (Å²) in [5, 5.41) is 4.56. The van der Waals surface area contributed by atoms with Crippen LogP contribution in [0.1, 0.15) is 62.6 Å². The molecule has 0 fully saturated rings. The topological polar surface area (TPSA) is 12.0 Å². The molecule has 0 radical (unpaired) electrons. The molecule has 0 saturated carbocycles. The van der Waals surface area contributed by atoms with Crippen molar-refractivity contribution in [1.29, 1.82) is 0 Å². The summed E-state index contributed by atoms with van der Waals surface area (Å²) in [6.45, 7) is 5.45. The molecule has 20 heavy (non-hydrogen) atoms. The summed E-state index contributed by atoms with van der Waals surface area (Å²) in [4.78, 5) is 0. The zero-order valence-corrected chi connectivity index (χ0v) is 13.5. The van der Waals surface area contributed by atoms with Crippen molar-refractivity contribution in [3.8, 4) is 0 Å². The molecule has 1 nitrogen and oxygen atoms in total. The van der Waals surface area contributed by atoms with E-state index in [-0.39, 0.29) is 0 Å². The monoisotopic (exact) mass is 291 g/mol. The first-order valence-electron chi connectivity index (χ1n) is 7.90. The lowest BCUT2D eigenvalue weighted by atomic mass is 9.92. The second-order valence-corrected chi connectivity index (χ2v) is 6.20. The van der Waals surface area contributed by atoms with Crippen LogP contribution < -0.4 is 5.32 Å². The largest absolute Gasteiger partial charge is 0.307 e. The van der Waals surface area contributed by atoms with Crippen LogP contribution in [0.25, 0.3) is 0 Å². The molecule has 1 aliphatic carbocycles. The second kappa shape index (κ2) is 7.85. The Morgan fingerprint density at radius 2 is 2.10 bits per heavy atom. The van der Waals surface area contributed by atoms with E-state index in [1.165, 1.54) is 43.2 Å². The van der Waals surface area contributed by atoms with Gasteiger partial charge < -0.3 is 5.32 Å². The Morgan fingerprint density at radius 1 is 1.25 bits per heavy atom. The molecule has 1 aromatic rings. The van der Waals surface area contributed by atoms with Crippen LogP contribution in [0.4, 0.5) is 0 Å². The quantitative estimate of drug-likeness (QED) is 0.698. The van der Waals surface area contributed by atoms with Gasteiger partial charge in [0.1, 0.15) is 0 Å². The summed E-state index contributed by atoms with van der Waals surface area (Å²) < 4.78 is 0. The molecule has 0 bridgehead atoms. The van der Waals surface area contributed by atoms with Gasteiger partial charge in [-0.2, -0.15) is 0 Å². The van der Waals surface area contributed by atoms with Gasteiger partial charge in [-0.3, -0.25) is 0 Å². The van der Waals surface area contributed by atoms with Gasteiger partial charge in [0.05, 0.1) is 6.04 Å². The molecular weight excluding hydrogens is 266 g/mol. The van der Waals surface area contributed by atoms with Gasteiger partial charge in [0.25, 0.3) is 0 Å². The van der Waals surface area contributed by atoms with Crippen LogP contribution in [-0.2, 0) is 0 Å². The molecule has 0 spiro atoms. The van der Waals surface area contributed by atoms with Crippen LogP contribution in [0.15, 0.2) is 29.8 Å². The molecule has 0 amide bonds. The van der Waals surface area contributed by atoms with E-state index in [1.54, 1.807) is 5.57 Å². The van der Waals surface area contributed by atoms with Crippen molar-refractivity contribution in [3.05, 3.63) is 46.0 Å². The van der Waals surface area contributed by atoms with Crippen molar-refractivity contribution in [2.75, 3.05) is 6.54 Å². The molecule has 1 atom stereocenters. The Labute approximate surface area is 128 Å². The van der Waals surface area contributed by atoms with E-state index in [1.807, 2.05) is 6.07 Å². The minimum absolute atomic E-state index is 0.366. The second-order valence-electron chi connectivity index (χ2n) is 5.77. The summed E-state index contributed by atoms with van der Waals surface area (Å²) in [7, 11) is 0. The standard InChI is InChI=1S/C18H26ClN/c1-3-12-20-18(15-8-6-4-5-7-9-15)17-11-10-16(19)13-14(17)2/h8,10-11,13,18,20H,3-7,9,12H2,1-2H3. The number of rotatable bonds is 5. The Bertz CT molecular complexity index is 464. The molecule has 1 aliphatic rings. The third-order valence-corrected chi connectivity index (χ3v) is 4.32. The maximum Gasteiger partial charge on any atom is 0.0538 e. The van der Waals surface area contributed by atoms with E-state index in [0.717, 1.165) is 18.0 Å². The van der Waals surface area contributed by atoms with Crippen molar-refractivity contribution in [2.45, 2.75) is 58.4 Å². The molecule has 2 rings (SSSR count). The smallest absolute Gasteiger partial charge is 0.0538 e. The van der Waals surface area contributed by atoms with Gasteiger partial charge >= 0.3 is 0 Å². The molecule has 1 unspecified atom stereocenters. The fraction of sp³-hybridized carbons (Fsp3) is 0.556. The summed E-state index contributed by atoms with van der Waals surface area (Å²) in [5.41, 5.74) is 4.24. The molecule has 110 valence electrons. The third-order valence-electron chi connectivity index (χ3n) is 4.09. The fourth-order valence-corrected chi connectivity index (χ4v) is 3.22. The first kappa shape index (κ1) is 15.6. The Morgan fingerprint density at radius 3 is 2.85 bits per heavy atom. The first-order chi connectivity index (χ1) is 9.72. The van der Waals surface area contributed by atoms with Gasteiger partial charge in [0, 0.05) is 5.02 Å². The SMILES string of the molecule is CCCNC(C1=CCCCCC1)c1ccc(Cl)cc1C. The summed E-state index contributed by atoms with van der Waals surface area (Å²) in [5.74, 6) is 0. The van der Waals surface area contributed by atoms with Crippen LogP contribution in [0.5, 0.6) is 0 Å². The predicted octanol–water partition coefficient (Wildman–Crippen LogP) is 5.58. The van der Waals surface area contributed by atoms with E-state index in [2.05, 4.69) is 37.4 Å². The Balaban J connectivity index is 2.28. The van der Waals surface area contributed by atoms with Gasteiger partial charge in [-0.15, -0.1) is 0 Å². The zero-order chi connectivity index (χ0) is 14.4. The number of hydrogen-bond donors (Lipinski definition) is 1. The molecule has 1 N–H and O–H groups in total. The molecule has 0 aromatic heterocycles. The van der Waals surface area contributed by atoms with E-state index >= 15 is 0 Å². The van der Waals surface area contributed by atoms with Gasteiger partial charge in [0.15, 0.2) is 0 Å². The van der Waals surface area contributed by atoms with Gasteiger partial charge in [-0.25, -0.2) is 0 Å². The normalized spacial score (nSPS) is 17.4. The van der Waals surface area contributed by atoms with Crippen molar-refractivity contribution >= 4 is 11.6 Å². The highest BCUT2D eigenvalue weighted by Gasteiger charge is 2.18. The van der Waals surface area contributed by atoms with Crippen LogP contribution in [0.2, 0.25) is 5.02 Å². The van der Waals surface area contributed by atoms with Crippen LogP contribution in [0.3, 0.4) is 0 Å². The number of benzene rings is 1. The molecule has 2 heteroatoms. The Kier molecular flexibility index (Phi) is 6.12. The molecule has 0 saturated heterocycles. The van der Waals surface area contributed by atoms with Crippen LogP contribution in [0, 0.1) is 6.92 Å². The van der Waals surface area contributed by atoms with E-state index in [9.17, 15) is 0 Å². The van der Waals surface area contributed by atoms with Gasteiger partial charge in [-0.05, 0) is 68.8 Å². The average molecular weight is 292 g/mol. The maximum atomic E-state index is 6.10. The summed E-state index contributed by atoms with van der Waals surface area (Å²) >= 11 is 6.10. The number of nitrogens with one attached hydrogen (secondary N) is 1. The molecule has 0 aliphatic heterocycles. The van der Waals surface area contributed by atoms with E-state index in [4.69, 9.17) is 11.6 Å². The number of hydrogen-bond acceptors (Lipinski definition) is 1. The van der Waals surface area contributed by atoms with Crippen LogP contribution >= 0.6 is 11.6 Å². The van der Waals surface area contributed by atoms with Gasteiger partial charge in [-0.1, -0.05) is 42.7 Å². The number of aryl methyl sites for hydroxylation is 1. The minimum atomic E-state index is 0.366. The summed E-state index contributed by atoms with van der Waals surface area (Å²) in [6, 6.07) is 6.65. The van der Waals surface area contributed by atoms with E-state index < -0.39 is 0 Å². The lowest BCUT2D eigenvalue weighted by Crippen LogP contribution is -2.24. The number of halogens is 1. The number of allylic oxidation sites excluding steroid dienone is 1. The van der Waals surface area contributed by atoms with E-state index in [0.29, 0.717) is 6.04 Å². The lowest BCUT2D eigenvalue weighted by Gasteiger charge is -2.24. The highest BCUT2D eigenvalue weighted by molar-refractivity contribution is 6.30. The fourth-order valence-electron chi connectivity index (χ4n) is 2.99. The van der Waals surface area contributed by atoms with Crippen LogP contribution in [-0.4, -0.2) is 6.54 Å².